The number of aromatic nitrogens is 3. The Morgan fingerprint density at radius 2 is 1.77 bits per heavy atom. The van der Waals surface area contributed by atoms with E-state index in [0.29, 0.717) is 23.1 Å². The summed E-state index contributed by atoms with van der Waals surface area (Å²) in [5.41, 5.74) is 3.69. The molecule has 0 aliphatic carbocycles. The van der Waals surface area contributed by atoms with Crippen LogP contribution in [-0.2, 0) is 5.75 Å². The van der Waals surface area contributed by atoms with Crippen molar-refractivity contribution in [3.05, 3.63) is 89.7 Å². The minimum Gasteiger partial charge on any atom is -0.494 e. The van der Waals surface area contributed by atoms with E-state index < -0.39 is 0 Å². The second-order valence-electron chi connectivity index (χ2n) is 6.82. The molecule has 0 fully saturated rings. The molecule has 0 saturated carbocycles. The van der Waals surface area contributed by atoms with Gasteiger partial charge in [-0.05, 0) is 55.8 Å². The Labute approximate surface area is 179 Å². The number of aryl methyl sites for hydroxylation is 1. The van der Waals surface area contributed by atoms with E-state index in [2.05, 4.69) is 29.3 Å². The van der Waals surface area contributed by atoms with E-state index in [0.717, 1.165) is 28.4 Å². The predicted octanol–water partition coefficient (Wildman–Crippen LogP) is 6.07. The Morgan fingerprint density at radius 1 is 0.967 bits per heavy atom. The first-order valence-electron chi connectivity index (χ1n) is 9.77. The van der Waals surface area contributed by atoms with Crippen molar-refractivity contribution in [2.45, 2.75) is 24.8 Å². The number of halogens is 1. The summed E-state index contributed by atoms with van der Waals surface area (Å²) < 4.78 is 21.7. The first-order chi connectivity index (χ1) is 14.7. The molecule has 1 heterocycles. The molecule has 0 spiro atoms. The largest absolute Gasteiger partial charge is 0.494 e. The summed E-state index contributed by atoms with van der Waals surface area (Å²) in [6.45, 7) is 4.63. The zero-order chi connectivity index (χ0) is 20.9. The van der Waals surface area contributed by atoms with Crippen molar-refractivity contribution in [3.8, 4) is 22.8 Å². The van der Waals surface area contributed by atoms with E-state index in [9.17, 15) is 4.39 Å². The third-order valence-corrected chi connectivity index (χ3v) is 5.61. The van der Waals surface area contributed by atoms with Crippen molar-refractivity contribution in [2.75, 3.05) is 6.61 Å². The van der Waals surface area contributed by atoms with Crippen molar-refractivity contribution in [2.24, 2.45) is 0 Å². The molecule has 30 heavy (non-hydrogen) atoms. The maximum Gasteiger partial charge on any atom is 0.196 e. The molecule has 0 aliphatic heterocycles. The first kappa shape index (κ1) is 20.2. The van der Waals surface area contributed by atoms with Gasteiger partial charge < -0.3 is 4.74 Å². The predicted molar refractivity (Wildman–Crippen MR) is 119 cm³/mol. The van der Waals surface area contributed by atoms with Gasteiger partial charge in [-0.15, -0.1) is 10.2 Å². The van der Waals surface area contributed by atoms with Gasteiger partial charge in [0.2, 0.25) is 0 Å². The number of rotatable bonds is 7. The standard InChI is InChI=1S/C24H22FN3OS/c1-3-29-21-13-11-20(12-14-21)28-23(18-9-6-7-17(2)15-18)26-27-24(28)30-16-19-8-4-5-10-22(19)25/h4-15H,3,16H2,1-2H3. The fourth-order valence-electron chi connectivity index (χ4n) is 3.18. The van der Waals surface area contributed by atoms with Gasteiger partial charge in [-0.25, -0.2) is 4.39 Å². The summed E-state index contributed by atoms with van der Waals surface area (Å²) in [7, 11) is 0. The van der Waals surface area contributed by atoms with Crippen LogP contribution in [0.25, 0.3) is 17.1 Å². The second-order valence-corrected chi connectivity index (χ2v) is 7.76. The highest BCUT2D eigenvalue weighted by Gasteiger charge is 2.17. The minimum atomic E-state index is -0.212. The molecule has 6 heteroatoms. The summed E-state index contributed by atoms with van der Waals surface area (Å²) in [5.74, 6) is 1.82. The van der Waals surface area contributed by atoms with Crippen LogP contribution in [-0.4, -0.2) is 21.4 Å². The van der Waals surface area contributed by atoms with Crippen LogP contribution < -0.4 is 4.74 Å². The second kappa shape index (κ2) is 9.13. The summed E-state index contributed by atoms with van der Waals surface area (Å²) >= 11 is 1.46. The average Bonchev–Trinajstić information content (AvgIpc) is 3.18. The molecule has 0 atom stereocenters. The van der Waals surface area contributed by atoms with Crippen LogP contribution in [0.3, 0.4) is 0 Å². The Bertz CT molecular complexity index is 1140. The van der Waals surface area contributed by atoms with Crippen molar-refractivity contribution in [1.29, 1.82) is 0 Å². The normalized spacial score (nSPS) is 10.9. The van der Waals surface area contributed by atoms with Gasteiger partial charge in [-0.2, -0.15) is 0 Å². The molecule has 0 aliphatic rings. The molecule has 4 nitrogen and oxygen atoms in total. The number of nitrogens with zero attached hydrogens (tertiary/aromatic N) is 3. The minimum absolute atomic E-state index is 0.212. The fourth-order valence-corrected chi connectivity index (χ4v) is 4.12. The smallest absolute Gasteiger partial charge is 0.196 e. The van der Waals surface area contributed by atoms with Gasteiger partial charge in [-0.3, -0.25) is 4.57 Å². The highest BCUT2D eigenvalue weighted by molar-refractivity contribution is 7.98. The van der Waals surface area contributed by atoms with Crippen LogP contribution in [0.4, 0.5) is 4.39 Å². The molecule has 4 aromatic rings. The summed E-state index contributed by atoms with van der Waals surface area (Å²) in [6, 6.07) is 22.8. The summed E-state index contributed by atoms with van der Waals surface area (Å²) in [5, 5.41) is 9.60. The number of thioether (sulfide) groups is 1. The molecule has 152 valence electrons. The summed E-state index contributed by atoms with van der Waals surface area (Å²) in [6.07, 6.45) is 0. The Hall–Kier alpha value is -3.12. The van der Waals surface area contributed by atoms with E-state index in [1.165, 1.54) is 17.8 Å². The lowest BCUT2D eigenvalue weighted by Gasteiger charge is -2.12. The molecule has 0 N–H and O–H groups in total. The van der Waals surface area contributed by atoms with E-state index in [1.54, 1.807) is 12.1 Å². The summed E-state index contributed by atoms with van der Waals surface area (Å²) in [4.78, 5) is 0. The molecule has 0 amide bonds. The van der Waals surface area contributed by atoms with E-state index in [-0.39, 0.29) is 5.82 Å². The molecule has 0 bridgehead atoms. The molecule has 0 unspecified atom stereocenters. The van der Waals surface area contributed by atoms with E-state index in [4.69, 9.17) is 4.74 Å². The average molecular weight is 420 g/mol. The number of ether oxygens (including phenoxy) is 1. The van der Waals surface area contributed by atoms with Crippen molar-refractivity contribution in [1.82, 2.24) is 14.8 Å². The van der Waals surface area contributed by atoms with Gasteiger partial charge in [0, 0.05) is 17.0 Å². The van der Waals surface area contributed by atoms with E-state index in [1.807, 2.05) is 54.0 Å². The van der Waals surface area contributed by atoms with Gasteiger partial charge in [0.1, 0.15) is 11.6 Å². The molecular weight excluding hydrogens is 397 g/mol. The van der Waals surface area contributed by atoms with E-state index >= 15 is 0 Å². The molecule has 3 aromatic carbocycles. The van der Waals surface area contributed by atoms with Gasteiger partial charge in [-0.1, -0.05) is 53.7 Å². The highest BCUT2D eigenvalue weighted by Crippen LogP contribution is 2.31. The Balaban J connectivity index is 1.73. The molecular formula is C24H22FN3OS. The molecule has 1 aromatic heterocycles. The highest BCUT2D eigenvalue weighted by atomic mass is 32.2. The Kier molecular flexibility index (Phi) is 6.14. The quantitative estimate of drug-likeness (QED) is 0.341. The topological polar surface area (TPSA) is 39.9 Å². The van der Waals surface area contributed by atoms with Crippen LogP contribution >= 0.6 is 11.8 Å². The third-order valence-electron chi connectivity index (χ3n) is 4.63. The molecule has 0 radical (unpaired) electrons. The van der Waals surface area contributed by atoms with Gasteiger partial charge in [0.15, 0.2) is 11.0 Å². The fraction of sp³-hybridized carbons (Fsp3) is 0.167. The van der Waals surface area contributed by atoms with Gasteiger partial charge in [0.25, 0.3) is 0 Å². The third kappa shape index (κ3) is 4.39. The maximum absolute atomic E-state index is 14.1. The van der Waals surface area contributed by atoms with Crippen LogP contribution in [0.5, 0.6) is 5.75 Å². The zero-order valence-electron chi connectivity index (χ0n) is 16.9. The van der Waals surface area contributed by atoms with Crippen molar-refractivity contribution >= 4 is 11.8 Å². The van der Waals surface area contributed by atoms with Crippen LogP contribution in [0.2, 0.25) is 0 Å². The lowest BCUT2D eigenvalue weighted by Crippen LogP contribution is -2.01. The maximum atomic E-state index is 14.1. The van der Waals surface area contributed by atoms with Crippen LogP contribution in [0, 0.1) is 12.7 Å². The SMILES string of the molecule is CCOc1ccc(-n2c(SCc3ccccc3F)nnc2-c2cccc(C)c2)cc1. The zero-order valence-corrected chi connectivity index (χ0v) is 17.7. The lowest BCUT2D eigenvalue weighted by atomic mass is 10.1. The number of hydrogen-bond acceptors (Lipinski definition) is 4. The van der Waals surface area contributed by atoms with Crippen LogP contribution in [0.15, 0.2) is 78.0 Å². The van der Waals surface area contributed by atoms with Crippen LogP contribution in [0.1, 0.15) is 18.1 Å². The number of benzene rings is 3. The monoisotopic (exact) mass is 419 g/mol. The molecule has 4 rings (SSSR count). The molecule has 0 saturated heterocycles. The first-order valence-corrected chi connectivity index (χ1v) is 10.8. The van der Waals surface area contributed by atoms with Crippen molar-refractivity contribution < 1.29 is 9.13 Å². The van der Waals surface area contributed by atoms with Crippen molar-refractivity contribution in [3.63, 3.8) is 0 Å². The van der Waals surface area contributed by atoms with Gasteiger partial charge >= 0.3 is 0 Å². The number of hydrogen-bond donors (Lipinski definition) is 0. The lowest BCUT2D eigenvalue weighted by molar-refractivity contribution is 0.340. The Morgan fingerprint density at radius 3 is 2.50 bits per heavy atom. The van der Waals surface area contributed by atoms with Gasteiger partial charge in [0.05, 0.1) is 6.61 Å².